The van der Waals surface area contributed by atoms with Crippen LogP contribution in [0.1, 0.15) is 22.8 Å². The maximum absolute atomic E-state index is 10.3. The molecule has 1 N–H and O–H groups in total. The Morgan fingerprint density at radius 2 is 1.79 bits per heavy atom. The monoisotopic (exact) mass is 292 g/mol. The summed E-state index contributed by atoms with van der Waals surface area (Å²) in [4.78, 5) is 1.12. The van der Waals surface area contributed by atoms with Gasteiger partial charge in [-0.3, -0.25) is 0 Å². The molecule has 0 bridgehead atoms. The quantitative estimate of drug-likeness (QED) is 0.818. The lowest BCUT2D eigenvalue weighted by molar-refractivity contribution is 0.203. The van der Waals surface area contributed by atoms with Crippen molar-refractivity contribution in [2.45, 2.75) is 24.8 Å². The molecule has 0 fully saturated rings. The second-order valence-corrected chi connectivity index (χ2v) is 6.17. The highest BCUT2D eigenvalue weighted by Gasteiger charge is 2.10. The van der Waals surface area contributed by atoms with Gasteiger partial charge in [0.15, 0.2) is 0 Å². The van der Waals surface area contributed by atoms with Crippen LogP contribution in [0, 0.1) is 13.8 Å². The highest BCUT2D eigenvalue weighted by molar-refractivity contribution is 7.99. The van der Waals surface area contributed by atoms with Gasteiger partial charge in [0.05, 0.1) is 6.10 Å². The van der Waals surface area contributed by atoms with Crippen LogP contribution >= 0.6 is 23.4 Å². The minimum absolute atomic E-state index is 0.443. The van der Waals surface area contributed by atoms with Gasteiger partial charge in [-0.1, -0.05) is 35.4 Å². The van der Waals surface area contributed by atoms with Gasteiger partial charge < -0.3 is 5.11 Å². The molecule has 0 radical (unpaired) electrons. The third kappa shape index (κ3) is 4.00. The molecule has 2 aromatic carbocycles. The van der Waals surface area contributed by atoms with Gasteiger partial charge in [-0.25, -0.2) is 0 Å². The van der Waals surface area contributed by atoms with Crippen molar-refractivity contribution in [3.63, 3.8) is 0 Å². The van der Waals surface area contributed by atoms with Gasteiger partial charge in [0.25, 0.3) is 0 Å². The molecule has 1 nitrogen and oxygen atoms in total. The summed E-state index contributed by atoms with van der Waals surface area (Å²) in [5, 5.41) is 11.0. The van der Waals surface area contributed by atoms with E-state index in [-0.39, 0.29) is 0 Å². The molecule has 0 saturated heterocycles. The lowest BCUT2D eigenvalue weighted by Crippen LogP contribution is -2.03. The molecule has 1 atom stereocenters. The fraction of sp³-hybridized carbons (Fsp3) is 0.250. The Morgan fingerprint density at radius 1 is 1.11 bits per heavy atom. The second kappa shape index (κ2) is 6.47. The lowest BCUT2D eigenvalue weighted by atomic mass is 10.0. The number of aryl methyl sites for hydroxylation is 2. The van der Waals surface area contributed by atoms with Crippen LogP contribution in [0.25, 0.3) is 0 Å². The van der Waals surface area contributed by atoms with Crippen molar-refractivity contribution < 1.29 is 5.11 Å². The van der Waals surface area contributed by atoms with Gasteiger partial charge in [-0.15, -0.1) is 11.8 Å². The molecule has 2 rings (SSSR count). The number of benzene rings is 2. The van der Waals surface area contributed by atoms with E-state index in [0.29, 0.717) is 5.75 Å². The largest absolute Gasteiger partial charge is 0.388 e. The van der Waals surface area contributed by atoms with Gasteiger partial charge in [-0.05, 0) is 49.2 Å². The number of thioether (sulfide) groups is 1. The van der Waals surface area contributed by atoms with E-state index < -0.39 is 6.10 Å². The van der Waals surface area contributed by atoms with Crippen LogP contribution in [-0.4, -0.2) is 10.9 Å². The fourth-order valence-electron chi connectivity index (χ4n) is 2.00. The molecule has 0 heterocycles. The zero-order valence-electron chi connectivity index (χ0n) is 11.1. The first kappa shape index (κ1) is 14.4. The molecule has 0 aliphatic carbocycles. The Hall–Kier alpha value is -0.960. The first-order valence-electron chi connectivity index (χ1n) is 6.20. The highest BCUT2D eigenvalue weighted by Crippen LogP contribution is 2.27. The maximum atomic E-state index is 10.3. The van der Waals surface area contributed by atoms with Gasteiger partial charge in [-0.2, -0.15) is 0 Å². The SMILES string of the molecule is Cc1ccc(C(O)CSc2ccc(Cl)cc2)c(C)c1. The molecule has 0 aliphatic heterocycles. The van der Waals surface area contributed by atoms with Gasteiger partial charge in [0, 0.05) is 15.7 Å². The van der Waals surface area contributed by atoms with Crippen molar-refractivity contribution in [1.82, 2.24) is 0 Å². The summed E-state index contributed by atoms with van der Waals surface area (Å²) >= 11 is 7.48. The van der Waals surface area contributed by atoms with E-state index in [9.17, 15) is 5.11 Å². The Bertz CT molecular complexity index is 551. The van der Waals surface area contributed by atoms with Crippen LogP contribution in [0.2, 0.25) is 5.02 Å². The number of aliphatic hydroxyl groups excluding tert-OH is 1. The number of rotatable bonds is 4. The standard InChI is InChI=1S/C16H17ClOS/c1-11-3-8-15(12(2)9-11)16(18)10-19-14-6-4-13(17)5-7-14/h3-9,16,18H,10H2,1-2H3. The van der Waals surface area contributed by atoms with Gasteiger partial charge >= 0.3 is 0 Å². The maximum Gasteiger partial charge on any atom is 0.0886 e. The molecule has 2 aromatic rings. The predicted octanol–water partition coefficient (Wildman–Crippen LogP) is 4.78. The Balaban J connectivity index is 2.01. The number of hydrogen-bond acceptors (Lipinski definition) is 2. The summed E-state index contributed by atoms with van der Waals surface area (Å²) in [6.07, 6.45) is -0.443. The third-order valence-corrected chi connectivity index (χ3v) is 4.35. The first-order valence-corrected chi connectivity index (χ1v) is 7.56. The molecule has 0 spiro atoms. The van der Waals surface area contributed by atoms with Crippen LogP contribution in [-0.2, 0) is 0 Å². The van der Waals surface area contributed by atoms with E-state index in [0.717, 1.165) is 21.0 Å². The Morgan fingerprint density at radius 3 is 2.42 bits per heavy atom. The highest BCUT2D eigenvalue weighted by atomic mass is 35.5. The average molecular weight is 293 g/mol. The normalized spacial score (nSPS) is 12.4. The third-order valence-electron chi connectivity index (χ3n) is 3.01. The Kier molecular flexibility index (Phi) is 4.92. The summed E-state index contributed by atoms with van der Waals surface area (Å²) in [5.41, 5.74) is 3.37. The summed E-state index contributed by atoms with van der Waals surface area (Å²) in [7, 11) is 0. The Labute approximate surface area is 123 Å². The number of hydrogen-bond donors (Lipinski definition) is 1. The molecule has 0 aliphatic rings. The van der Waals surface area contributed by atoms with Crippen LogP contribution < -0.4 is 0 Å². The molecular weight excluding hydrogens is 276 g/mol. The smallest absolute Gasteiger partial charge is 0.0886 e. The second-order valence-electron chi connectivity index (χ2n) is 4.64. The van der Waals surface area contributed by atoms with Crippen molar-refractivity contribution in [1.29, 1.82) is 0 Å². The predicted molar refractivity (Wildman–Crippen MR) is 83.1 cm³/mol. The minimum Gasteiger partial charge on any atom is -0.388 e. The number of halogens is 1. The van der Waals surface area contributed by atoms with Crippen molar-refractivity contribution in [2.75, 3.05) is 5.75 Å². The fourth-order valence-corrected chi connectivity index (χ4v) is 2.98. The molecule has 3 heteroatoms. The van der Waals surface area contributed by atoms with Crippen molar-refractivity contribution in [2.24, 2.45) is 0 Å². The van der Waals surface area contributed by atoms with E-state index in [1.807, 2.05) is 43.3 Å². The molecule has 0 saturated carbocycles. The summed E-state index contributed by atoms with van der Waals surface area (Å²) < 4.78 is 0. The van der Waals surface area contributed by atoms with Crippen LogP contribution in [0.3, 0.4) is 0 Å². The molecule has 100 valence electrons. The van der Waals surface area contributed by atoms with E-state index in [1.54, 1.807) is 11.8 Å². The van der Waals surface area contributed by atoms with E-state index in [1.165, 1.54) is 5.56 Å². The molecule has 19 heavy (non-hydrogen) atoms. The summed E-state index contributed by atoms with van der Waals surface area (Å²) in [5.74, 6) is 0.644. The van der Waals surface area contributed by atoms with Gasteiger partial charge in [0.1, 0.15) is 0 Å². The topological polar surface area (TPSA) is 20.2 Å². The zero-order valence-corrected chi connectivity index (χ0v) is 12.6. The zero-order chi connectivity index (χ0) is 13.8. The molecule has 0 aromatic heterocycles. The van der Waals surface area contributed by atoms with E-state index >= 15 is 0 Å². The van der Waals surface area contributed by atoms with Crippen molar-refractivity contribution >= 4 is 23.4 Å². The van der Waals surface area contributed by atoms with E-state index in [4.69, 9.17) is 11.6 Å². The van der Waals surface area contributed by atoms with Crippen LogP contribution in [0.4, 0.5) is 0 Å². The molecule has 1 unspecified atom stereocenters. The number of aliphatic hydroxyl groups is 1. The van der Waals surface area contributed by atoms with Crippen LogP contribution in [0.15, 0.2) is 47.4 Å². The van der Waals surface area contributed by atoms with Crippen LogP contribution in [0.5, 0.6) is 0 Å². The van der Waals surface area contributed by atoms with Crippen molar-refractivity contribution in [3.8, 4) is 0 Å². The van der Waals surface area contributed by atoms with Crippen molar-refractivity contribution in [3.05, 3.63) is 64.2 Å². The molecular formula is C16H17ClOS. The lowest BCUT2D eigenvalue weighted by Gasteiger charge is -2.14. The van der Waals surface area contributed by atoms with Gasteiger partial charge in [0.2, 0.25) is 0 Å². The molecule has 0 amide bonds. The minimum atomic E-state index is -0.443. The van der Waals surface area contributed by atoms with E-state index in [2.05, 4.69) is 13.0 Å². The average Bonchev–Trinajstić information content (AvgIpc) is 2.37. The summed E-state index contributed by atoms with van der Waals surface area (Å²) in [6.45, 7) is 4.10. The summed E-state index contributed by atoms with van der Waals surface area (Å²) in [6, 6.07) is 13.8. The first-order chi connectivity index (χ1) is 9.06.